The summed E-state index contributed by atoms with van der Waals surface area (Å²) < 4.78 is 29.8. The van der Waals surface area contributed by atoms with Crippen LogP contribution in [0.25, 0.3) is 0 Å². The Hall–Kier alpha value is -1.17. The Kier molecular flexibility index (Phi) is 5.96. The molecule has 0 saturated carbocycles. The third-order valence-electron chi connectivity index (χ3n) is 2.89. The van der Waals surface area contributed by atoms with Crippen LogP contribution >= 0.6 is 22.9 Å². The van der Waals surface area contributed by atoms with Crippen molar-refractivity contribution in [2.24, 2.45) is 0 Å². The molecule has 0 radical (unpaired) electrons. The van der Waals surface area contributed by atoms with Gasteiger partial charge in [0.25, 0.3) is 0 Å². The number of hydrogen-bond donors (Lipinski definition) is 1. The molecule has 1 aromatic carbocycles. The molecule has 0 spiro atoms. The van der Waals surface area contributed by atoms with Gasteiger partial charge in [0, 0.05) is 4.88 Å². The normalized spacial score (nSPS) is 12.6. The maximum atomic E-state index is 12.3. The van der Waals surface area contributed by atoms with Crippen molar-refractivity contribution in [1.29, 1.82) is 0 Å². The minimum Gasteiger partial charge on any atom is -0.435 e. The molecule has 21 heavy (non-hydrogen) atoms. The summed E-state index contributed by atoms with van der Waals surface area (Å²) in [6.07, 6.45) is 0.975. The van der Waals surface area contributed by atoms with Crippen LogP contribution in [0, 0.1) is 0 Å². The van der Waals surface area contributed by atoms with Crippen LogP contribution in [0.1, 0.15) is 29.8 Å². The van der Waals surface area contributed by atoms with Gasteiger partial charge in [-0.1, -0.05) is 30.7 Å². The van der Waals surface area contributed by atoms with Gasteiger partial charge in [-0.05, 0) is 42.8 Å². The first-order chi connectivity index (χ1) is 10.1. The van der Waals surface area contributed by atoms with Crippen molar-refractivity contribution >= 4 is 22.9 Å². The number of ether oxygens (including phenoxy) is 1. The van der Waals surface area contributed by atoms with Crippen molar-refractivity contribution in [1.82, 2.24) is 5.32 Å². The average Bonchev–Trinajstić information content (AvgIpc) is 2.85. The van der Waals surface area contributed by atoms with Crippen LogP contribution in [-0.2, 0) is 0 Å². The van der Waals surface area contributed by atoms with Gasteiger partial charge in [-0.15, -0.1) is 11.3 Å². The van der Waals surface area contributed by atoms with Gasteiger partial charge in [0.2, 0.25) is 0 Å². The lowest BCUT2D eigenvalue weighted by Crippen LogP contribution is -2.22. The van der Waals surface area contributed by atoms with Gasteiger partial charge < -0.3 is 10.1 Å². The van der Waals surface area contributed by atoms with Crippen LogP contribution in [-0.4, -0.2) is 13.2 Å². The molecule has 0 aliphatic rings. The van der Waals surface area contributed by atoms with Crippen LogP contribution in [0.15, 0.2) is 36.4 Å². The summed E-state index contributed by atoms with van der Waals surface area (Å²) in [5, 5.41) is 3.40. The number of rotatable bonds is 7. The standard InChI is InChI=1S/C15H16ClF2NOS/c1-2-8-19-14(12-6-7-13(16)21-12)10-4-3-5-11(9-10)20-15(17)18/h3-7,9,14-15,19H,2,8H2,1H3. The molecule has 1 N–H and O–H groups in total. The maximum absolute atomic E-state index is 12.3. The van der Waals surface area contributed by atoms with E-state index in [0.29, 0.717) is 4.34 Å². The lowest BCUT2D eigenvalue weighted by atomic mass is 10.0. The highest BCUT2D eigenvalue weighted by molar-refractivity contribution is 7.16. The van der Waals surface area contributed by atoms with Crippen LogP contribution in [0.5, 0.6) is 5.75 Å². The molecule has 1 aromatic heterocycles. The second-order valence-corrected chi connectivity index (χ2v) is 6.23. The Balaban J connectivity index is 2.27. The molecule has 0 amide bonds. The second-order valence-electron chi connectivity index (χ2n) is 4.48. The van der Waals surface area contributed by atoms with E-state index < -0.39 is 6.61 Å². The van der Waals surface area contributed by atoms with E-state index in [4.69, 9.17) is 11.6 Å². The molecule has 2 rings (SSSR count). The lowest BCUT2D eigenvalue weighted by molar-refractivity contribution is -0.0498. The van der Waals surface area contributed by atoms with Crippen molar-refractivity contribution in [3.63, 3.8) is 0 Å². The summed E-state index contributed by atoms with van der Waals surface area (Å²) in [5.41, 5.74) is 0.875. The highest BCUT2D eigenvalue weighted by Crippen LogP contribution is 2.32. The Bertz CT molecular complexity index is 576. The first kappa shape index (κ1) is 16.2. The topological polar surface area (TPSA) is 21.3 Å². The van der Waals surface area contributed by atoms with Crippen molar-refractivity contribution in [3.8, 4) is 5.75 Å². The summed E-state index contributed by atoms with van der Waals surface area (Å²) in [7, 11) is 0. The van der Waals surface area contributed by atoms with Crippen molar-refractivity contribution < 1.29 is 13.5 Å². The fraction of sp³-hybridized carbons (Fsp3) is 0.333. The smallest absolute Gasteiger partial charge is 0.387 e. The Morgan fingerprint density at radius 2 is 2.10 bits per heavy atom. The SMILES string of the molecule is CCCNC(c1cccc(OC(F)F)c1)c1ccc(Cl)s1. The Morgan fingerprint density at radius 1 is 1.29 bits per heavy atom. The first-order valence-electron chi connectivity index (χ1n) is 6.63. The second kappa shape index (κ2) is 7.73. The summed E-state index contributed by atoms with van der Waals surface area (Å²) in [6.45, 7) is 0.0699. The number of thiophene rings is 1. The summed E-state index contributed by atoms with van der Waals surface area (Å²) in [6, 6.07) is 10.5. The summed E-state index contributed by atoms with van der Waals surface area (Å²) in [4.78, 5) is 1.04. The third kappa shape index (κ3) is 4.66. The van der Waals surface area contributed by atoms with E-state index in [9.17, 15) is 8.78 Å². The quantitative estimate of drug-likeness (QED) is 0.762. The molecule has 1 heterocycles. The minimum absolute atomic E-state index is 0.0799. The molecule has 0 bridgehead atoms. The van der Waals surface area contributed by atoms with Gasteiger partial charge in [0.05, 0.1) is 10.4 Å². The Morgan fingerprint density at radius 3 is 2.71 bits per heavy atom. The fourth-order valence-electron chi connectivity index (χ4n) is 2.03. The van der Waals surface area contributed by atoms with Gasteiger partial charge in [-0.3, -0.25) is 0 Å². The molecule has 0 fully saturated rings. The zero-order valence-corrected chi connectivity index (χ0v) is 13.1. The number of benzene rings is 1. The van der Waals surface area contributed by atoms with Crippen molar-refractivity contribution in [2.45, 2.75) is 26.0 Å². The highest BCUT2D eigenvalue weighted by atomic mass is 35.5. The molecule has 1 atom stereocenters. The highest BCUT2D eigenvalue weighted by Gasteiger charge is 2.16. The average molecular weight is 332 g/mol. The summed E-state index contributed by atoms with van der Waals surface area (Å²) >= 11 is 7.47. The largest absolute Gasteiger partial charge is 0.435 e. The predicted octanol–water partition coefficient (Wildman–Crippen LogP) is 5.09. The molecular weight excluding hydrogens is 316 g/mol. The van der Waals surface area contributed by atoms with E-state index in [-0.39, 0.29) is 11.8 Å². The maximum Gasteiger partial charge on any atom is 0.387 e. The van der Waals surface area contributed by atoms with Crippen molar-refractivity contribution in [2.75, 3.05) is 6.54 Å². The predicted molar refractivity (Wildman–Crippen MR) is 82.5 cm³/mol. The number of nitrogens with one attached hydrogen (secondary N) is 1. The fourth-order valence-corrected chi connectivity index (χ4v) is 3.19. The lowest BCUT2D eigenvalue weighted by Gasteiger charge is -2.18. The van der Waals surface area contributed by atoms with E-state index >= 15 is 0 Å². The van der Waals surface area contributed by atoms with Gasteiger partial charge in [-0.25, -0.2) is 0 Å². The third-order valence-corrected chi connectivity index (χ3v) is 4.19. The van der Waals surface area contributed by atoms with E-state index in [1.165, 1.54) is 17.4 Å². The molecular formula is C15H16ClF2NOS. The minimum atomic E-state index is -2.82. The molecule has 2 nitrogen and oxygen atoms in total. The first-order valence-corrected chi connectivity index (χ1v) is 7.83. The zero-order valence-electron chi connectivity index (χ0n) is 11.5. The van der Waals surface area contributed by atoms with Crippen molar-refractivity contribution in [3.05, 3.63) is 51.2 Å². The molecule has 0 saturated heterocycles. The van der Waals surface area contributed by atoms with E-state index in [2.05, 4.69) is 17.0 Å². The van der Waals surface area contributed by atoms with E-state index in [1.807, 2.05) is 18.2 Å². The van der Waals surface area contributed by atoms with E-state index in [0.717, 1.165) is 23.4 Å². The van der Waals surface area contributed by atoms with Crippen LogP contribution in [0.3, 0.4) is 0 Å². The van der Waals surface area contributed by atoms with Crippen LogP contribution in [0.4, 0.5) is 8.78 Å². The number of hydrogen-bond acceptors (Lipinski definition) is 3. The van der Waals surface area contributed by atoms with Gasteiger partial charge in [0.1, 0.15) is 5.75 Å². The molecule has 0 aliphatic carbocycles. The molecule has 6 heteroatoms. The zero-order chi connectivity index (χ0) is 15.2. The molecule has 2 aromatic rings. The Labute approximate surface area is 131 Å². The van der Waals surface area contributed by atoms with Crippen LogP contribution in [0.2, 0.25) is 4.34 Å². The molecule has 114 valence electrons. The molecule has 1 unspecified atom stereocenters. The van der Waals surface area contributed by atoms with Gasteiger partial charge in [-0.2, -0.15) is 8.78 Å². The monoisotopic (exact) mass is 331 g/mol. The van der Waals surface area contributed by atoms with Gasteiger partial charge >= 0.3 is 6.61 Å². The summed E-state index contributed by atoms with van der Waals surface area (Å²) in [5.74, 6) is 0.161. The van der Waals surface area contributed by atoms with Crippen LogP contribution < -0.4 is 10.1 Å². The van der Waals surface area contributed by atoms with E-state index in [1.54, 1.807) is 12.1 Å². The number of alkyl halides is 2. The van der Waals surface area contributed by atoms with Gasteiger partial charge in [0.15, 0.2) is 0 Å². The number of halogens is 3. The molecule has 0 aliphatic heterocycles.